The maximum Gasteiger partial charge on any atom is 0.255 e. The van der Waals surface area contributed by atoms with Crippen LogP contribution in [0.5, 0.6) is 11.5 Å². The molecule has 34 heavy (non-hydrogen) atoms. The highest BCUT2D eigenvalue weighted by Crippen LogP contribution is 2.25. The molecule has 2 aliphatic rings. The molecule has 2 saturated heterocycles. The maximum absolute atomic E-state index is 12.8. The number of ether oxygens (including phenoxy) is 2. The lowest BCUT2D eigenvalue weighted by Crippen LogP contribution is -2.53. The fraction of sp³-hybridized carbons (Fsp3) is 0.400. The first-order valence-corrected chi connectivity index (χ1v) is 11.3. The summed E-state index contributed by atoms with van der Waals surface area (Å²) in [6.07, 6.45) is 1.05. The van der Waals surface area contributed by atoms with E-state index in [-0.39, 0.29) is 23.8 Å². The van der Waals surface area contributed by atoms with E-state index in [2.05, 4.69) is 10.2 Å². The number of amides is 3. The van der Waals surface area contributed by atoms with Crippen LogP contribution in [0.25, 0.3) is 0 Å². The summed E-state index contributed by atoms with van der Waals surface area (Å²) in [7, 11) is 4.79. The van der Waals surface area contributed by atoms with E-state index in [0.29, 0.717) is 61.8 Å². The molecule has 0 aliphatic carbocycles. The highest BCUT2D eigenvalue weighted by molar-refractivity contribution is 6.04. The minimum Gasteiger partial charge on any atom is -0.497 e. The number of benzene rings is 2. The Bertz CT molecular complexity index is 1040. The van der Waals surface area contributed by atoms with Crippen molar-refractivity contribution in [2.75, 3.05) is 57.7 Å². The van der Waals surface area contributed by atoms with Crippen LogP contribution in [0, 0.1) is 0 Å². The maximum atomic E-state index is 12.8. The summed E-state index contributed by atoms with van der Waals surface area (Å²) >= 11 is 0. The number of anilines is 2. The van der Waals surface area contributed by atoms with E-state index in [0.717, 1.165) is 5.69 Å². The van der Waals surface area contributed by atoms with Crippen molar-refractivity contribution in [2.45, 2.75) is 18.9 Å². The molecule has 180 valence electrons. The molecule has 2 heterocycles. The number of nitrogens with one attached hydrogen (secondary N) is 1. The highest BCUT2D eigenvalue weighted by Gasteiger charge is 2.36. The van der Waals surface area contributed by atoms with Crippen molar-refractivity contribution in [3.63, 3.8) is 0 Å². The first kappa shape index (κ1) is 23.4. The average molecular weight is 467 g/mol. The van der Waals surface area contributed by atoms with Crippen molar-refractivity contribution in [1.82, 2.24) is 9.80 Å². The number of hydrogen-bond donors (Lipinski definition) is 1. The van der Waals surface area contributed by atoms with Crippen LogP contribution >= 0.6 is 0 Å². The Balaban J connectivity index is 1.33. The minimum atomic E-state index is -0.327. The van der Waals surface area contributed by atoms with Crippen molar-refractivity contribution >= 4 is 29.1 Å². The van der Waals surface area contributed by atoms with Crippen molar-refractivity contribution in [2.24, 2.45) is 0 Å². The molecule has 2 aromatic carbocycles. The van der Waals surface area contributed by atoms with Crippen LogP contribution in [0.1, 0.15) is 23.2 Å². The summed E-state index contributed by atoms with van der Waals surface area (Å²) in [4.78, 5) is 42.9. The van der Waals surface area contributed by atoms with Gasteiger partial charge in [0.05, 0.1) is 14.2 Å². The largest absolute Gasteiger partial charge is 0.497 e. The number of carbonyl (C=O) groups is 3. The van der Waals surface area contributed by atoms with Crippen LogP contribution in [-0.4, -0.2) is 81.0 Å². The lowest BCUT2D eigenvalue weighted by Gasteiger charge is -2.38. The number of hydrogen-bond acceptors (Lipinski definition) is 6. The van der Waals surface area contributed by atoms with E-state index in [1.807, 2.05) is 29.2 Å². The Morgan fingerprint density at radius 2 is 1.56 bits per heavy atom. The number of likely N-dealkylation sites (N-methyl/N-ethyl adjacent to an activating group) is 1. The molecule has 0 aromatic heterocycles. The van der Waals surface area contributed by atoms with Crippen LogP contribution in [-0.2, 0) is 9.59 Å². The van der Waals surface area contributed by atoms with Gasteiger partial charge < -0.3 is 29.5 Å². The van der Waals surface area contributed by atoms with E-state index >= 15 is 0 Å². The molecule has 0 bridgehead atoms. The Morgan fingerprint density at radius 1 is 0.941 bits per heavy atom. The van der Waals surface area contributed by atoms with Gasteiger partial charge in [-0.1, -0.05) is 0 Å². The normalized spacial score (nSPS) is 18.1. The number of nitrogens with zero attached hydrogens (tertiary/aromatic N) is 3. The van der Waals surface area contributed by atoms with Crippen LogP contribution in [0.15, 0.2) is 42.5 Å². The average Bonchev–Trinajstić information content (AvgIpc) is 3.21. The van der Waals surface area contributed by atoms with Crippen molar-refractivity contribution in [3.8, 4) is 11.5 Å². The molecule has 2 aromatic rings. The molecule has 0 radical (unpaired) electrons. The minimum absolute atomic E-state index is 0.0368. The second kappa shape index (κ2) is 10.0. The van der Waals surface area contributed by atoms with E-state index in [4.69, 9.17) is 9.47 Å². The SMILES string of the molecule is COc1cc(OC)cc(C(=O)Nc2ccc(N3CCN(C(=O)[C@H]4CCC(=O)N4C)CC3)cc2)c1. The third kappa shape index (κ3) is 4.93. The fourth-order valence-corrected chi connectivity index (χ4v) is 4.39. The van der Waals surface area contributed by atoms with Crippen molar-refractivity contribution < 1.29 is 23.9 Å². The summed E-state index contributed by atoms with van der Waals surface area (Å²) < 4.78 is 10.5. The molecule has 2 fully saturated rings. The molecule has 9 heteroatoms. The quantitative estimate of drug-likeness (QED) is 0.702. The predicted molar refractivity (Wildman–Crippen MR) is 129 cm³/mol. The molecule has 0 saturated carbocycles. The summed E-state index contributed by atoms with van der Waals surface area (Å²) in [5, 5.41) is 2.90. The number of carbonyl (C=O) groups excluding carboxylic acids is 3. The molecule has 2 aliphatic heterocycles. The Kier molecular flexibility index (Phi) is 6.90. The summed E-state index contributed by atoms with van der Waals surface area (Å²) in [6, 6.07) is 12.4. The third-order valence-electron chi connectivity index (χ3n) is 6.47. The van der Waals surface area contributed by atoms with Gasteiger partial charge in [0, 0.05) is 62.7 Å². The van der Waals surface area contributed by atoms with Gasteiger partial charge in [-0.3, -0.25) is 14.4 Å². The zero-order valence-corrected chi connectivity index (χ0v) is 19.7. The number of rotatable bonds is 6. The van der Waals surface area contributed by atoms with Crippen LogP contribution in [0.3, 0.4) is 0 Å². The lowest BCUT2D eigenvalue weighted by atomic mass is 10.1. The summed E-state index contributed by atoms with van der Waals surface area (Å²) in [5.74, 6) is 0.912. The zero-order valence-electron chi connectivity index (χ0n) is 19.7. The van der Waals surface area contributed by atoms with Gasteiger partial charge in [-0.2, -0.15) is 0 Å². The lowest BCUT2D eigenvalue weighted by molar-refractivity contribution is -0.140. The smallest absolute Gasteiger partial charge is 0.255 e. The molecular weight excluding hydrogens is 436 g/mol. The molecule has 3 amide bonds. The predicted octanol–water partition coefficient (Wildman–Crippen LogP) is 2.23. The van der Waals surface area contributed by atoms with E-state index in [9.17, 15) is 14.4 Å². The second-order valence-corrected chi connectivity index (χ2v) is 8.47. The first-order chi connectivity index (χ1) is 16.4. The van der Waals surface area contributed by atoms with Gasteiger partial charge in [0.2, 0.25) is 11.8 Å². The fourth-order valence-electron chi connectivity index (χ4n) is 4.39. The van der Waals surface area contributed by atoms with Gasteiger partial charge >= 0.3 is 0 Å². The zero-order chi connectivity index (χ0) is 24.2. The highest BCUT2D eigenvalue weighted by atomic mass is 16.5. The molecule has 0 spiro atoms. The third-order valence-corrected chi connectivity index (χ3v) is 6.47. The molecular formula is C25H30N4O5. The molecule has 0 unspecified atom stereocenters. The summed E-state index contributed by atoms with van der Waals surface area (Å²) in [5.41, 5.74) is 2.15. The van der Waals surface area contributed by atoms with Gasteiger partial charge in [-0.15, -0.1) is 0 Å². The molecule has 9 nitrogen and oxygen atoms in total. The Morgan fingerprint density at radius 3 is 2.09 bits per heavy atom. The Labute approximate surface area is 199 Å². The topological polar surface area (TPSA) is 91.4 Å². The standard InChI is InChI=1S/C25H30N4O5/c1-27-22(8-9-23(27)30)25(32)29-12-10-28(11-13-29)19-6-4-18(5-7-19)26-24(31)17-14-20(33-2)16-21(15-17)34-3/h4-7,14-16,22H,8-13H2,1-3H3,(H,26,31)/t22-/m1/s1. The number of methoxy groups -OCH3 is 2. The Hall–Kier alpha value is -3.75. The van der Waals surface area contributed by atoms with Crippen molar-refractivity contribution in [3.05, 3.63) is 48.0 Å². The van der Waals surface area contributed by atoms with E-state index in [1.54, 1.807) is 44.4 Å². The monoisotopic (exact) mass is 466 g/mol. The second-order valence-electron chi connectivity index (χ2n) is 8.47. The van der Waals surface area contributed by atoms with Gasteiger partial charge in [0.25, 0.3) is 5.91 Å². The van der Waals surface area contributed by atoms with Crippen LogP contribution in [0.4, 0.5) is 11.4 Å². The first-order valence-electron chi connectivity index (χ1n) is 11.3. The van der Waals surface area contributed by atoms with Gasteiger partial charge in [0.1, 0.15) is 17.5 Å². The van der Waals surface area contributed by atoms with Crippen LogP contribution in [0.2, 0.25) is 0 Å². The molecule has 1 atom stereocenters. The molecule has 1 N–H and O–H groups in total. The van der Waals surface area contributed by atoms with Gasteiger partial charge in [-0.05, 0) is 42.8 Å². The van der Waals surface area contributed by atoms with E-state index < -0.39 is 0 Å². The van der Waals surface area contributed by atoms with Gasteiger partial charge in [0.15, 0.2) is 0 Å². The number of likely N-dealkylation sites (tertiary alicyclic amines) is 1. The summed E-state index contributed by atoms with van der Waals surface area (Å²) in [6.45, 7) is 2.66. The van der Waals surface area contributed by atoms with Gasteiger partial charge in [-0.25, -0.2) is 0 Å². The van der Waals surface area contributed by atoms with Crippen LogP contribution < -0.4 is 19.7 Å². The van der Waals surface area contributed by atoms with E-state index in [1.165, 1.54) is 0 Å². The van der Waals surface area contributed by atoms with Crippen molar-refractivity contribution in [1.29, 1.82) is 0 Å². The molecule has 4 rings (SSSR count). The number of piperazine rings is 1.